The first-order valence-corrected chi connectivity index (χ1v) is 3.04. The van der Waals surface area contributed by atoms with Gasteiger partial charge in [0.05, 0.1) is 5.04 Å². The van der Waals surface area contributed by atoms with Gasteiger partial charge in [0.1, 0.15) is 0 Å². The molecule has 0 aliphatic rings. The van der Waals surface area contributed by atoms with Gasteiger partial charge in [0.25, 0.3) is 0 Å². The van der Waals surface area contributed by atoms with Crippen molar-refractivity contribution in [1.82, 2.24) is 0 Å². The van der Waals surface area contributed by atoms with Crippen molar-refractivity contribution < 1.29 is 0 Å². The summed E-state index contributed by atoms with van der Waals surface area (Å²) < 4.78 is 0. The lowest BCUT2D eigenvalue weighted by Gasteiger charge is -1.87. The second-order valence-electron chi connectivity index (χ2n) is 1.16. The van der Waals surface area contributed by atoms with Crippen LogP contribution in [0.25, 0.3) is 0 Å². The monoisotopic (exact) mass is 115 g/mol. The van der Waals surface area contributed by atoms with E-state index in [2.05, 4.69) is 6.58 Å². The third-order valence-electron chi connectivity index (χ3n) is 0.418. The van der Waals surface area contributed by atoms with Gasteiger partial charge >= 0.3 is 0 Å². The quantitative estimate of drug-likeness (QED) is 0.332. The van der Waals surface area contributed by atoms with Gasteiger partial charge in [0.2, 0.25) is 0 Å². The van der Waals surface area contributed by atoms with E-state index in [1.54, 1.807) is 13.0 Å². The van der Waals surface area contributed by atoms with Gasteiger partial charge < -0.3 is 0 Å². The molecule has 0 aromatic heterocycles. The minimum atomic E-state index is 0.653. The van der Waals surface area contributed by atoms with Crippen LogP contribution in [0, 0.1) is 5.41 Å². The molecule has 0 amide bonds. The molecular formula is C5H9NS. The summed E-state index contributed by atoms with van der Waals surface area (Å²) in [7, 11) is 0. The fraction of sp³-hybridized carbons (Fsp3) is 0.400. The Bertz CT molecular complexity index is 78.1. The third kappa shape index (κ3) is 5.76. The summed E-state index contributed by atoms with van der Waals surface area (Å²) in [6.45, 7) is 5.29. The zero-order valence-electron chi connectivity index (χ0n) is 4.40. The average molecular weight is 115 g/mol. The standard InChI is InChI=1S/C5H9NS/c1-3-4-7-5(2)6/h3,6H,1,4H2,2H3. The van der Waals surface area contributed by atoms with Gasteiger partial charge in [-0.3, -0.25) is 5.41 Å². The summed E-state index contributed by atoms with van der Waals surface area (Å²) in [6, 6.07) is 0. The Morgan fingerprint density at radius 3 is 2.71 bits per heavy atom. The fourth-order valence-electron chi connectivity index (χ4n) is 0.184. The fourth-order valence-corrected chi connectivity index (χ4v) is 0.552. The van der Waals surface area contributed by atoms with Crippen molar-refractivity contribution in [1.29, 1.82) is 5.41 Å². The minimum Gasteiger partial charge on any atom is -0.299 e. The molecule has 2 heteroatoms. The molecule has 0 heterocycles. The SMILES string of the molecule is C=CCSC(C)=N. The molecule has 0 radical (unpaired) electrons. The molecule has 0 aliphatic heterocycles. The highest BCUT2D eigenvalue weighted by atomic mass is 32.2. The van der Waals surface area contributed by atoms with Gasteiger partial charge in [-0.05, 0) is 6.92 Å². The lowest BCUT2D eigenvalue weighted by molar-refractivity contribution is 1.53. The molecule has 0 aromatic rings. The van der Waals surface area contributed by atoms with E-state index in [0.717, 1.165) is 5.75 Å². The molecule has 0 fully saturated rings. The van der Waals surface area contributed by atoms with Gasteiger partial charge in [-0.2, -0.15) is 0 Å². The first-order chi connectivity index (χ1) is 3.27. The number of hydrogen-bond donors (Lipinski definition) is 1. The van der Waals surface area contributed by atoms with Crippen LogP contribution in [0.4, 0.5) is 0 Å². The van der Waals surface area contributed by atoms with Crippen LogP contribution < -0.4 is 0 Å². The lowest BCUT2D eigenvalue weighted by atomic mass is 10.8. The smallest absolute Gasteiger partial charge is 0.0613 e. The van der Waals surface area contributed by atoms with Gasteiger partial charge in [-0.25, -0.2) is 0 Å². The zero-order valence-corrected chi connectivity index (χ0v) is 5.22. The number of hydrogen-bond acceptors (Lipinski definition) is 2. The molecule has 0 saturated heterocycles. The van der Waals surface area contributed by atoms with Crippen molar-refractivity contribution in [3.63, 3.8) is 0 Å². The van der Waals surface area contributed by atoms with E-state index in [9.17, 15) is 0 Å². The molecule has 1 N–H and O–H groups in total. The highest BCUT2D eigenvalue weighted by Crippen LogP contribution is 1.99. The zero-order chi connectivity index (χ0) is 5.70. The van der Waals surface area contributed by atoms with Crippen molar-refractivity contribution in [2.75, 3.05) is 5.75 Å². The molecule has 0 spiro atoms. The topological polar surface area (TPSA) is 23.9 Å². The Kier molecular flexibility index (Phi) is 3.80. The first kappa shape index (κ1) is 6.76. The predicted octanol–water partition coefficient (Wildman–Crippen LogP) is 1.90. The van der Waals surface area contributed by atoms with E-state index in [-0.39, 0.29) is 0 Å². The van der Waals surface area contributed by atoms with Crippen LogP contribution in [0.1, 0.15) is 6.92 Å². The molecule has 0 rings (SSSR count). The minimum absolute atomic E-state index is 0.653. The summed E-state index contributed by atoms with van der Waals surface area (Å²) in [5, 5.41) is 7.57. The summed E-state index contributed by atoms with van der Waals surface area (Å²) in [6.07, 6.45) is 1.79. The van der Waals surface area contributed by atoms with Crippen LogP contribution in [0.3, 0.4) is 0 Å². The van der Waals surface area contributed by atoms with E-state index in [1.807, 2.05) is 0 Å². The van der Waals surface area contributed by atoms with E-state index in [4.69, 9.17) is 5.41 Å². The maximum Gasteiger partial charge on any atom is 0.0613 e. The van der Waals surface area contributed by atoms with Gasteiger partial charge in [-0.15, -0.1) is 18.3 Å². The number of rotatable bonds is 2. The van der Waals surface area contributed by atoms with Crippen LogP contribution in [-0.4, -0.2) is 10.8 Å². The van der Waals surface area contributed by atoms with Crippen LogP contribution in [-0.2, 0) is 0 Å². The maximum atomic E-state index is 6.91. The van der Waals surface area contributed by atoms with Crippen molar-refractivity contribution in [3.05, 3.63) is 12.7 Å². The molecule has 0 atom stereocenters. The van der Waals surface area contributed by atoms with E-state index < -0.39 is 0 Å². The number of thioether (sulfide) groups is 1. The van der Waals surface area contributed by atoms with Crippen molar-refractivity contribution in [2.24, 2.45) is 0 Å². The molecule has 0 bridgehead atoms. The highest BCUT2D eigenvalue weighted by Gasteiger charge is 1.80. The molecule has 0 aliphatic carbocycles. The Balaban J connectivity index is 2.97. The normalized spacial score (nSPS) is 8.14. The lowest BCUT2D eigenvalue weighted by Crippen LogP contribution is -1.78. The summed E-state index contributed by atoms with van der Waals surface area (Å²) in [5.74, 6) is 0.856. The Labute approximate surface area is 48.3 Å². The summed E-state index contributed by atoms with van der Waals surface area (Å²) in [5.41, 5.74) is 0. The van der Waals surface area contributed by atoms with Crippen LogP contribution in [0.5, 0.6) is 0 Å². The Morgan fingerprint density at radius 1 is 2.00 bits per heavy atom. The van der Waals surface area contributed by atoms with Gasteiger partial charge in [-0.1, -0.05) is 6.08 Å². The molecule has 0 aromatic carbocycles. The second-order valence-corrected chi connectivity index (χ2v) is 2.39. The van der Waals surface area contributed by atoms with Crippen LogP contribution in [0.15, 0.2) is 12.7 Å². The molecule has 0 unspecified atom stereocenters. The van der Waals surface area contributed by atoms with E-state index in [0.29, 0.717) is 5.04 Å². The van der Waals surface area contributed by atoms with Gasteiger partial charge in [0, 0.05) is 5.75 Å². The molecule has 40 valence electrons. The van der Waals surface area contributed by atoms with Crippen molar-refractivity contribution >= 4 is 16.8 Å². The van der Waals surface area contributed by atoms with Crippen LogP contribution >= 0.6 is 11.8 Å². The predicted molar refractivity (Wildman–Crippen MR) is 36.1 cm³/mol. The average Bonchev–Trinajstić information content (AvgIpc) is 1.61. The van der Waals surface area contributed by atoms with E-state index in [1.165, 1.54) is 11.8 Å². The Hall–Kier alpha value is -0.240. The Morgan fingerprint density at radius 2 is 2.57 bits per heavy atom. The molecule has 7 heavy (non-hydrogen) atoms. The molecule has 0 saturated carbocycles. The highest BCUT2D eigenvalue weighted by molar-refractivity contribution is 8.13. The van der Waals surface area contributed by atoms with Gasteiger partial charge in [0.15, 0.2) is 0 Å². The maximum absolute atomic E-state index is 6.91. The summed E-state index contributed by atoms with van der Waals surface area (Å²) in [4.78, 5) is 0. The largest absolute Gasteiger partial charge is 0.299 e. The van der Waals surface area contributed by atoms with Crippen molar-refractivity contribution in [3.8, 4) is 0 Å². The molecule has 1 nitrogen and oxygen atoms in total. The van der Waals surface area contributed by atoms with Crippen LogP contribution in [0.2, 0.25) is 0 Å². The first-order valence-electron chi connectivity index (χ1n) is 2.06. The van der Waals surface area contributed by atoms with Crippen molar-refractivity contribution in [2.45, 2.75) is 6.92 Å². The molecular weight excluding hydrogens is 106 g/mol. The second kappa shape index (κ2) is 3.93. The third-order valence-corrected chi connectivity index (χ3v) is 1.25. The number of nitrogens with one attached hydrogen (secondary N) is 1. The van der Waals surface area contributed by atoms with E-state index >= 15 is 0 Å². The summed E-state index contributed by atoms with van der Waals surface area (Å²) >= 11 is 1.50.